The highest BCUT2D eigenvalue weighted by molar-refractivity contribution is 8.00. The van der Waals surface area contributed by atoms with Gasteiger partial charge in [0.15, 0.2) is 5.96 Å². The molecule has 7 heteroatoms. The Morgan fingerprint density at radius 2 is 2.18 bits per heavy atom. The van der Waals surface area contributed by atoms with E-state index in [9.17, 15) is 4.39 Å². The first-order valence-corrected chi connectivity index (χ1v) is 11.4. The molecule has 0 bridgehead atoms. The molecule has 5 nitrogen and oxygen atoms in total. The van der Waals surface area contributed by atoms with Crippen molar-refractivity contribution in [1.82, 2.24) is 10.6 Å². The number of aryl methyl sites for hydroxylation is 1. The maximum absolute atomic E-state index is 13.4. The Balaban J connectivity index is 1.57. The minimum absolute atomic E-state index is 0.173. The van der Waals surface area contributed by atoms with E-state index in [2.05, 4.69) is 26.8 Å². The molecule has 2 saturated heterocycles. The lowest BCUT2D eigenvalue weighted by molar-refractivity contribution is 0.0782. The van der Waals surface area contributed by atoms with Gasteiger partial charge in [-0.2, -0.15) is 11.8 Å². The molecule has 0 saturated carbocycles. The van der Waals surface area contributed by atoms with Crippen LogP contribution in [-0.4, -0.2) is 62.9 Å². The maximum Gasteiger partial charge on any atom is 0.191 e. The molecule has 0 amide bonds. The molecule has 1 unspecified atom stereocenters. The van der Waals surface area contributed by atoms with E-state index in [0.29, 0.717) is 6.04 Å². The summed E-state index contributed by atoms with van der Waals surface area (Å²) < 4.78 is 19.2. The molecule has 3 rings (SSSR count). The predicted octanol–water partition coefficient (Wildman–Crippen LogP) is 3.18. The standard InChI is InChI=1S/C21H33FN4OS/c1-16-13-17(22)6-7-19(16)26-10-4-5-18(14-26)25-20(23-2)24-15-21(28-3)8-11-27-12-9-21/h6-7,13,18H,4-5,8-12,14-15H2,1-3H3,(H2,23,24,25). The Morgan fingerprint density at radius 1 is 1.39 bits per heavy atom. The number of guanidine groups is 1. The molecular weight excluding hydrogens is 375 g/mol. The van der Waals surface area contributed by atoms with Gasteiger partial charge in [-0.15, -0.1) is 0 Å². The second-order valence-corrected chi connectivity index (χ2v) is 9.06. The molecule has 2 N–H and O–H groups in total. The van der Waals surface area contributed by atoms with Crippen LogP contribution in [0.1, 0.15) is 31.2 Å². The zero-order valence-corrected chi connectivity index (χ0v) is 18.1. The van der Waals surface area contributed by atoms with Crippen LogP contribution in [0.5, 0.6) is 0 Å². The van der Waals surface area contributed by atoms with Gasteiger partial charge in [0.05, 0.1) is 0 Å². The Kier molecular flexibility index (Phi) is 7.46. The van der Waals surface area contributed by atoms with Crippen LogP contribution in [0.4, 0.5) is 10.1 Å². The highest BCUT2D eigenvalue weighted by atomic mass is 32.2. The van der Waals surface area contributed by atoms with Crippen LogP contribution in [0.15, 0.2) is 23.2 Å². The molecule has 0 aromatic heterocycles. The topological polar surface area (TPSA) is 48.9 Å². The summed E-state index contributed by atoms with van der Waals surface area (Å²) in [5.74, 6) is 0.691. The molecule has 2 aliphatic rings. The number of benzene rings is 1. The number of nitrogens with zero attached hydrogens (tertiary/aromatic N) is 2. The van der Waals surface area contributed by atoms with Crippen LogP contribution in [0.25, 0.3) is 0 Å². The molecule has 0 spiro atoms. The van der Waals surface area contributed by atoms with Gasteiger partial charge in [0.1, 0.15) is 5.82 Å². The largest absolute Gasteiger partial charge is 0.381 e. The SMILES string of the molecule is CN=C(NCC1(SC)CCOCC1)NC1CCCN(c2ccc(F)cc2C)C1. The van der Waals surface area contributed by atoms with Crippen molar-refractivity contribution in [3.05, 3.63) is 29.6 Å². The van der Waals surface area contributed by atoms with Crippen molar-refractivity contribution in [2.24, 2.45) is 4.99 Å². The number of piperidine rings is 1. The number of rotatable bonds is 5. The van der Waals surface area contributed by atoms with Gasteiger partial charge in [-0.25, -0.2) is 4.39 Å². The minimum atomic E-state index is -0.173. The summed E-state index contributed by atoms with van der Waals surface area (Å²) in [5.41, 5.74) is 2.11. The number of anilines is 1. The average molecular weight is 409 g/mol. The Morgan fingerprint density at radius 3 is 2.86 bits per heavy atom. The van der Waals surface area contributed by atoms with E-state index in [1.54, 1.807) is 12.1 Å². The van der Waals surface area contributed by atoms with Crippen molar-refractivity contribution in [2.45, 2.75) is 43.4 Å². The summed E-state index contributed by atoms with van der Waals surface area (Å²) in [6, 6.07) is 5.38. The van der Waals surface area contributed by atoms with E-state index in [1.165, 1.54) is 0 Å². The summed E-state index contributed by atoms with van der Waals surface area (Å²) in [4.78, 5) is 6.80. The molecule has 0 radical (unpaired) electrons. The monoisotopic (exact) mass is 408 g/mol. The average Bonchev–Trinajstić information content (AvgIpc) is 2.72. The van der Waals surface area contributed by atoms with Gasteiger partial charge in [0, 0.05) is 56.4 Å². The Hall–Kier alpha value is -1.47. The Labute approximate surface area is 172 Å². The van der Waals surface area contributed by atoms with Gasteiger partial charge < -0.3 is 20.3 Å². The van der Waals surface area contributed by atoms with E-state index in [1.807, 2.05) is 31.8 Å². The van der Waals surface area contributed by atoms with Crippen molar-refractivity contribution in [3.63, 3.8) is 0 Å². The van der Waals surface area contributed by atoms with Crippen LogP contribution in [0.3, 0.4) is 0 Å². The van der Waals surface area contributed by atoms with E-state index >= 15 is 0 Å². The third-order valence-corrected chi connectivity index (χ3v) is 7.32. The number of aliphatic imine (C=N–C) groups is 1. The number of nitrogens with one attached hydrogen (secondary N) is 2. The first-order valence-electron chi connectivity index (χ1n) is 10.2. The molecular formula is C21H33FN4OS. The number of halogens is 1. The molecule has 2 heterocycles. The van der Waals surface area contributed by atoms with Crippen molar-refractivity contribution in [3.8, 4) is 0 Å². The lowest BCUT2D eigenvalue weighted by Crippen LogP contribution is -2.54. The van der Waals surface area contributed by atoms with Gasteiger partial charge >= 0.3 is 0 Å². The minimum Gasteiger partial charge on any atom is -0.381 e. The summed E-state index contributed by atoms with van der Waals surface area (Å²) in [6.07, 6.45) is 6.54. The molecule has 2 fully saturated rings. The summed E-state index contributed by atoms with van der Waals surface area (Å²) >= 11 is 1.93. The van der Waals surface area contributed by atoms with Crippen LogP contribution in [0.2, 0.25) is 0 Å². The number of hydrogen-bond donors (Lipinski definition) is 2. The van der Waals surface area contributed by atoms with Crippen LogP contribution >= 0.6 is 11.8 Å². The molecule has 0 aliphatic carbocycles. The maximum atomic E-state index is 13.4. The zero-order valence-electron chi connectivity index (χ0n) is 17.3. The second-order valence-electron chi connectivity index (χ2n) is 7.79. The first kappa shape index (κ1) is 21.2. The highest BCUT2D eigenvalue weighted by Gasteiger charge is 2.32. The fraction of sp³-hybridized carbons (Fsp3) is 0.667. The summed E-state index contributed by atoms with van der Waals surface area (Å²) in [7, 11) is 1.83. The van der Waals surface area contributed by atoms with Crippen molar-refractivity contribution >= 4 is 23.4 Å². The van der Waals surface area contributed by atoms with Crippen molar-refractivity contribution in [1.29, 1.82) is 0 Å². The summed E-state index contributed by atoms with van der Waals surface area (Å²) in [5, 5.41) is 7.15. The molecule has 2 aliphatic heterocycles. The van der Waals surface area contributed by atoms with E-state index in [-0.39, 0.29) is 10.6 Å². The second kappa shape index (κ2) is 9.83. The van der Waals surface area contributed by atoms with Gasteiger partial charge in [-0.3, -0.25) is 4.99 Å². The molecule has 1 aromatic carbocycles. The zero-order chi connectivity index (χ0) is 20.0. The van der Waals surface area contributed by atoms with Crippen LogP contribution in [0, 0.1) is 12.7 Å². The smallest absolute Gasteiger partial charge is 0.191 e. The lowest BCUT2D eigenvalue weighted by atomic mass is 9.99. The van der Waals surface area contributed by atoms with Gasteiger partial charge in [-0.05, 0) is 62.6 Å². The van der Waals surface area contributed by atoms with E-state index < -0.39 is 0 Å². The fourth-order valence-electron chi connectivity index (χ4n) is 4.12. The molecule has 156 valence electrons. The van der Waals surface area contributed by atoms with Crippen LogP contribution in [-0.2, 0) is 4.74 Å². The first-order chi connectivity index (χ1) is 13.5. The highest BCUT2D eigenvalue weighted by Crippen LogP contribution is 2.33. The van der Waals surface area contributed by atoms with Crippen molar-refractivity contribution < 1.29 is 9.13 Å². The third kappa shape index (κ3) is 5.32. The predicted molar refractivity (Wildman–Crippen MR) is 117 cm³/mol. The normalized spacial score (nSPS) is 22.8. The van der Waals surface area contributed by atoms with E-state index in [4.69, 9.17) is 4.74 Å². The Bertz CT molecular complexity index is 678. The molecule has 1 atom stereocenters. The quantitative estimate of drug-likeness (QED) is 0.579. The fourth-order valence-corrected chi connectivity index (χ4v) is 4.91. The number of hydrogen-bond acceptors (Lipinski definition) is 4. The van der Waals surface area contributed by atoms with Gasteiger partial charge in [-0.1, -0.05) is 0 Å². The number of thioether (sulfide) groups is 1. The van der Waals surface area contributed by atoms with Crippen LogP contribution < -0.4 is 15.5 Å². The molecule has 1 aromatic rings. The summed E-state index contributed by atoms with van der Waals surface area (Å²) in [6.45, 7) is 6.45. The van der Waals surface area contributed by atoms with Gasteiger partial charge in [0.2, 0.25) is 0 Å². The number of ether oxygens (including phenoxy) is 1. The van der Waals surface area contributed by atoms with Gasteiger partial charge in [0.25, 0.3) is 0 Å². The lowest BCUT2D eigenvalue weighted by Gasteiger charge is -2.38. The third-order valence-electron chi connectivity index (χ3n) is 5.90. The molecule has 28 heavy (non-hydrogen) atoms. The van der Waals surface area contributed by atoms with E-state index in [0.717, 1.165) is 75.7 Å². The van der Waals surface area contributed by atoms with Crippen molar-refractivity contribution in [2.75, 3.05) is 51.1 Å².